The Balaban J connectivity index is 1.89. The van der Waals surface area contributed by atoms with Crippen LogP contribution in [0.25, 0.3) is 10.2 Å². The number of aromatic nitrogens is 2. The van der Waals surface area contributed by atoms with Crippen molar-refractivity contribution in [2.45, 2.75) is 25.4 Å². The topological polar surface area (TPSA) is 80.9 Å². The van der Waals surface area contributed by atoms with Crippen LogP contribution >= 0.6 is 11.3 Å². The maximum Gasteiger partial charge on any atom is 0.389 e. The maximum atomic E-state index is 12.0. The van der Waals surface area contributed by atoms with Crippen molar-refractivity contribution in [1.29, 1.82) is 0 Å². The first-order valence-electron chi connectivity index (χ1n) is 6.23. The number of hydrogen-bond donors (Lipinski definition) is 2. The molecule has 0 saturated carbocycles. The van der Waals surface area contributed by atoms with Gasteiger partial charge in [0, 0.05) is 18.4 Å². The first kappa shape index (κ1) is 15.5. The van der Waals surface area contributed by atoms with E-state index in [1.54, 1.807) is 6.07 Å². The van der Waals surface area contributed by atoms with Gasteiger partial charge in [0.1, 0.15) is 9.71 Å². The van der Waals surface area contributed by atoms with Crippen LogP contribution in [0.2, 0.25) is 0 Å². The van der Waals surface area contributed by atoms with Crippen molar-refractivity contribution < 1.29 is 18.0 Å². The van der Waals surface area contributed by atoms with Crippen molar-refractivity contribution in [1.82, 2.24) is 15.5 Å². The van der Waals surface area contributed by atoms with Gasteiger partial charge in [-0.3, -0.25) is 4.79 Å². The SMILES string of the molecule is Nc1c(C(=O)NCCCCC(F)(F)F)sc2nnccc12. The van der Waals surface area contributed by atoms with E-state index in [-0.39, 0.29) is 19.4 Å². The number of halogens is 3. The highest BCUT2D eigenvalue weighted by Crippen LogP contribution is 2.31. The Hall–Kier alpha value is -1.90. The molecule has 5 nitrogen and oxygen atoms in total. The summed E-state index contributed by atoms with van der Waals surface area (Å²) in [4.78, 5) is 12.8. The molecule has 114 valence electrons. The molecule has 0 bridgehead atoms. The normalized spacial score (nSPS) is 11.8. The van der Waals surface area contributed by atoms with E-state index in [0.29, 0.717) is 20.8 Å². The van der Waals surface area contributed by atoms with Gasteiger partial charge >= 0.3 is 6.18 Å². The number of carbonyl (C=O) groups is 1. The van der Waals surface area contributed by atoms with E-state index >= 15 is 0 Å². The first-order chi connectivity index (χ1) is 9.88. The number of fused-ring (bicyclic) bond motifs is 1. The molecule has 0 unspecified atom stereocenters. The number of thiophene rings is 1. The second-order valence-electron chi connectivity index (χ2n) is 4.42. The number of alkyl halides is 3. The number of anilines is 1. The number of carbonyl (C=O) groups excluding carboxylic acids is 1. The number of hydrogen-bond acceptors (Lipinski definition) is 5. The Morgan fingerprint density at radius 2 is 2.14 bits per heavy atom. The summed E-state index contributed by atoms with van der Waals surface area (Å²) in [5, 5.41) is 10.8. The third-order valence-corrected chi connectivity index (χ3v) is 3.90. The Morgan fingerprint density at radius 3 is 2.81 bits per heavy atom. The average molecular weight is 318 g/mol. The van der Waals surface area contributed by atoms with Gasteiger partial charge in [0.25, 0.3) is 5.91 Å². The molecule has 2 aromatic heterocycles. The number of nitrogens with one attached hydrogen (secondary N) is 1. The summed E-state index contributed by atoms with van der Waals surface area (Å²) in [6, 6.07) is 1.66. The predicted molar refractivity (Wildman–Crippen MR) is 74.1 cm³/mol. The van der Waals surface area contributed by atoms with Gasteiger partial charge in [0.15, 0.2) is 0 Å². The summed E-state index contributed by atoms with van der Waals surface area (Å²) in [6.07, 6.45) is -3.28. The second kappa shape index (κ2) is 6.25. The van der Waals surface area contributed by atoms with E-state index < -0.39 is 18.5 Å². The van der Waals surface area contributed by atoms with Crippen LogP contribution in [-0.2, 0) is 0 Å². The molecule has 0 aliphatic heterocycles. The van der Waals surface area contributed by atoms with Crippen LogP contribution in [0.1, 0.15) is 28.9 Å². The number of rotatable bonds is 5. The van der Waals surface area contributed by atoms with Crippen molar-refractivity contribution in [3.05, 3.63) is 17.1 Å². The Morgan fingerprint density at radius 1 is 1.38 bits per heavy atom. The van der Waals surface area contributed by atoms with Gasteiger partial charge in [-0.25, -0.2) is 0 Å². The quantitative estimate of drug-likeness (QED) is 0.831. The molecule has 21 heavy (non-hydrogen) atoms. The lowest BCUT2D eigenvalue weighted by Gasteiger charge is -2.06. The van der Waals surface area contributed by atoms with Crippen molar-refractivity contribution in [2.24, 2.45) is 0 Å². The van der Waals surface area contributed by atoms with E-state index in [0.717, 1.165) is 11.3 Å². The fourth-order valence-electron chi connectivity index (χ4n) is 1.77. The molecular weight excluding hydrogens is 305 g/mol. The lowest BCUT2D eigenvalue weighted by molar-refractivity contribution is -0.135. The van der Waals surface area contributed by atoms with Gasteiger partial charge in [-0.2, -0.15) is 18.3 Å². The number of nitrogens with two attached hydrogens (primary N) is 1. The largest absolute Gasteiger partial charge is 0.397 e. The van der Waals surface area contributed by atoms with E-state index in [9.17, 15) is 18.0 Å². The molecule has 9 heteroatoms. The third-order valence-electron chi connectivity index (χ3n) is 2.80. The molecule has 0 aliphatic rings. The summed E-state index contributed by atoms with van der Waals surface area (Å²) in [6.45, 7) is 0.175. The Kier molecular flexibility index (Phi) is 4.61. The van der Waals surface area contributed by atoms with E-state index in [4.69, 9.17) is 5.73 Å². The zero-order valence-corrected chi connectivity index (χ0v) is 11.7. The summed E-state index contributed by atoms with van der Waals surface area (Å²) >= 11 is 1.11. The van der Waals surface area contributed by atoms with Crippen LogP contribution < -0.4 is 11.1 Å². The molecule has 0 atom stereocenters. The number of amides is 1. The summed E-state index contributed by atoms with van der Waals surface area (Å²) < 4.78 is 35.9. The zero-order valence-electron chi connectivity index (χ0n) is 10.9. The zero-order chi connectivity index (χ0) is 15.5. The van der Waals surface area contributed by atoms with Crippen LogP contribution in [0.15, 0.2) is 12.3 Å². The van der Waals surface area contributed by atoms with Gasteiger partial charge in [-0.05, 0) is 18.9 Å². The molecule has 0 fully saturated rings. The monoisotopic (exact) mass is 318 g/mol. The summed E-state index contributed by atoms with van der Waals surface area (Å²) in [5.41, 5.74) is 6.18. The predicted octanol–water partition coefficient (Wildman–Crippen LogP) is 2.74. The standard InChI is InChI=1S/C12H13F3N4OS/c13-12(14,15)4-1-2-5-17-10(20)9-8(16)7-3-6-18-19-11(7)21-9/h3,6H,1-2,4-5,16H2,(H,17,20). The molecule has 3 N–H and O–H groups in total. The molecule has 0 aromatic carbocycles. The highest BCUT2D eigenvalue weighted by Gasteiger charge is 2.25. The molecule has 0 radical (unpaired) electrons. The minimum Gasteiger partial charge on any atom is -0.397 e. The number of nitrogen functional groups attached to an aromatic ring is 1. The second-order valence-corrected chi connectivity index (χ2v) is 5.42. The van der Waals surface area contributed by atoms with E-state index in [2.05, 4.69) is 15.5 Å². The van der Waals surface area contributed by atoms with Gasteiger partial charge in [-0.1, -0.05) is 0 Å². The van der Waals surface area contributed by atoms with Crippen LogP contribution in [-0.4, -0.2) is 28.8 Å². The van der Waals surface area contributed by atoms with E-state index in [1.165, 1.54) is 6.20 Å². The molecule has 2 heterocycles. The first-order valence-corrected chi connectivity index (χ1v) is 7.05. The Bertz CT molecular complexity index is 641. The lowest BCUT2D eigenvalue weighted by atomic mass is 10.2. The number of nitrogens with zero attached hydrogens (tertiary/aromatic N) is 2. The molecule has 2 rings (SSSR count). The van der Waals surface area contributed by atoms with Crippen LogP contribution in [0, 0.1) is 0 Å². The van der Waals surface area contributed by atoms with Gasteiger partial charge in [0.05, 0.1) is 11.9 Å². The molecule has 1 amide bonds. The molecule has 0 saturated heterocycles. The van der Waals surface area contributed by atoms with Crippen molar-refractivity contribution in [3.63, 3.8) is 0 Å². The van der Waals surface area contributed by atoms with Crippen LogP contribution in [0.4, 0.5) is 18.9 Å². The Labute approximate surface area is 122 Å². The van der Waals surface area contributed by atoms with Crippen LogP contribution in [0.3, 0.4) is 0 Å². The summed E-state index contributed by atoms with van der Waals surface area (Å²) in [7, 11) is 0. The highest BCUT2D eigenvalue weighted by atomic mass is 32.1. The fourth-order valence-corrected chi connectivity index (χ4v) is 2.73. The van der Waals surface area contributed by atoms with Gasteiger partial charge in [0.2, 0.25) is 0 Å². The van der Waals surface area contributed by atoms with E-state index in [1.807, 2.05) is 0 Å². The van der Waals surface area contributed by atoms with Crippen molar-refractivity contribution >= 4 is 33.1 Å². The molecular formula is C12H13F3N4OS. The lowest BCUT2D eigenvalue weighted by Crippen LogP contribution is -2.24. The minimum absolute atomic E-state index is 0.0167. The van der Waals surface area contributed by atoms with Crippen LogP contribution in [0.5, 0.6) is 0 Å². The van der Waals surface area contributed by atoms with Crippen molar-refractivity contribution in [3.8, 4) is 0 Å². The maximum absolute atomic E-state index is 12.0. The molecule has 2 aromatic rings. The fraction of sp³-hybridized carbons (Fsp3) is 0.417. The highest BCUT2D eigenvalue weighted by molar-refractivity contribution is 7.21. The summed E-state index contributed by atoms with van der Waals surface area (Å²) in [5.74, 6) is -0.400. The average Bonchev–Trinajstić information content (AvgIpc) is 2.75. The minimum atomic E-state index is -4.15. The molecule has 0 aliphatic carbocycles. The smallest absolute Gasteiger partial charge is 0.389 e. The number of unbranched alkanes of at least 4 members (excludes halogenated alkanes) is 1. The van der Waals surface area contributed by atoms with Crippen molar-refractivity contribution in [2.75, 3.05) is 12.3 Å². The van der Waals surface area contributed by atoms with Gasteiger partial charge in [-0.15, -0.1) is 16.4 Å². The van der Waals surface area contributed by atoms with Gasteiger partial charge < -0.3 is 11.1 Å². The molecule has 0 spiro atoms. The third kappa shape index (κ3) is 4.03.